The maximum absolute atomic E-state index is 9.61. The monoisotopic (exact) mass is 352 g/mol. The number of phenolic OH excluding ortho intramolecular Hbond substituents is 1. The second-order valence-electron chi connectivity index (χ2n) is 5.33. The summed E-state index contributed by atoms with van der Waals surface area (Å²) in [5.41, 5.74) is 2.09. The van der Waals surface area contributed by atoms with Crippen LogP contribution in [0.15, 0.2) is 54.9 Å². The first-order valence-electron chi connectivity index (χ1n) is 7.47. The lowest BCUT2D eigenvalue weighted by atomic mass is 10.2. The quantitative estimate of drug-likeness (QED) is 0.439. The zero-order chi connectivity index (χ0) is 17.2. The summed E-state index contributed by atoms with van der Waals surface area (Å²) >= 11 is 6.03. The third kappa shape index (κ3) is 3.17. The molecule has 0 aliphatic carbocycles. The molecule has 4 rings (SSSR count). The van der Waals surface area contributed by atoms with E-state index in [9.17, 15) is 5.11 Å². The Morgan fingerprint density at radius 2 is 1.68 bits per heavy atom. The number of rotatable bonds is 4. The van der Waals surface area contributed by atoms with Gasteiger partial charge in [0.15, 0.2) is 11.5 Å². The van der Waals surface area contributed by atoms with Crippen LogP contribution in [0, 0.1) is 0 Å². The molecule has 0 spiro atoms. The van der Waals surface area contributed by atoms with Crippen LogP contribution in [0.5, 0.6) is 5.75 Å². The molecular formula is C17H13ClN6O. The molecule has 8 heteroatoms. The summed E-state index contributed by atoms with van der Waals surface area (Å²) in [5, 5.41) is 24.4. The summed E-state index contributed by atoms with van der Waals surface area (Å²) < 4.78 is 0. The molecule has 0 aliphatic heterocycles. The second-order valence-corrected chi connectivity index (χ2v) is 5.77. The smallest absolute Gasteiger partial charge is 0.165 e. The molecule has 0 fully saturated rings. The largest absolute Gasteiger partial charge is 0.508 e. The first-order chi connectivity index (χ1) is 12.2. The van der Waals surface area contributed by atoms with E-state index in [1.165, 1.54) is 6.33 Å². The van der Waals surface area contributed by atoms with Crippen LogP contribution in [0.4, 0.5) is 23.0 Å². The van der Waals surface area contributed by atoms with Crippen molar-refractivity contribution in [1.82, 2.24) is 20.2 Å². The molecular weight excluding hydrogens is 340 g/mol. The Morgan fingerprint density at radius 1 is 0.920 bits per heavy atom. The van der Waals surface area contributed by atoms with Crippen molar-refractivity contribution in [3.05, 3.63) is 59.9 Å². The molecule has 124 valence electrons. The zero-order valence-electron chi connectivity index (χ0n) is 12.9. The van der Waals surface area contributed by atoms with E-state index in [0.29, 0.717) is 33.4 Å². The number of benzene rings is 2. The fourth-order valence-electron chi connectivity index (χ4n) is 2.47. The lowest BCUT2D eigenvalue weighted by Crippen LogP contribution is -1.97. The Kier molecular flexibility index (Phi) is 3.83. The molecule has 0 bridgehead atoms. The van der Waals surface area contributed by atoms with E-state index in [1.807, 2.05) is 18.2 Å². The number of fused-ring (bicyclic) bond motifs is 1. The van der Waals surface area contributed by atoms with Gasteiger partial charge in [-0.25, -0.2) is 9.97 Å². The van der Waals surface area contributed by atoms with Crippen LogP contribution in [0.2, 0.25) is 5.02 Å². The van der Waals surface area contributed by atoms with Crippen LogP contribution in [0.3, 0.4) is 0 Å². The molecule has 0 saturated heterocycles. The fourth-order valence-corrected chi connectivity index (χ4v) is 2.66. The highest BCUT2D eigenvalue weighted by molar-refractivity contribution is 6.30. The van der Waals surface area contributed by atoms with Crippen LogP contribution >= 0.6 is 11.6 Å². The van der Waals surface area contributed by atoms with Crippen LogP contribution < -0.4 is 10.6 Å². The molecule has 4 N–H and O–H groups in total. The van der Waals surface area contributed by atoms with Gasteiger partial charge in [0.2, 0.25) is 0 Å². The van der Waals surface area contributed by atoms with Gasteiger partial charge in [0.1, 0.15) is 23.3 Å². The Morgan fingerprint density at radius 3 is 2.48 bits per heavy atom. The number of hydrogen-bond donors (Lipinski definition) is 4. The van der Waals surface area contributed by atoms with Crippen LogP contribution in [0.25, 0.3) is 11.0 Å². The highest BCUT2D eigenvalue weighted by Gasteiger charge is 2.13. The third-order valence-corrected chi connectivity index (χ3v) is 3.79. The van der Waals surface area contributed by atoms with Gasteiger partial charge in [-0.05, 0) is 30.3 Å². The molecule has 0 aliphatic rings. The maximum Gasteiger partial charge on any atom is 0.165 e. The highest BCUT2D eigenvalue weighted by atomic mass is 35.5. The van der Waals surface area contributed by atoms with Crippen molar-refractivity contribution >= 4 is 45.6 Å². The SMILES string of the molecule is Oc1cccc(Nc2n[nH]c3ncnc(Nc4cccc(Cl)c4)c23)c1. The van der Waals surface area contributed by atoms with Gasteiger partial charge in [0, 0.05) is 22.5 Å². The summed E-state index contributed by atoms with van der Waals surface area (Å²) in [6, 6.07) is 14.1. The van der Waals surface area contributed by atoms with E-state index in [0.717, 1.165) is 5.69 Å². The molecule has 2 heterocycles. The number of halogens is 1. The molecule has 0 atom stereocenters. The molecule has 4 aromatic rings. The van der Waals surface area contributed by atoms with E-state index >= 15 is 0 Å². The topological polar surface area (TPSA) is 98.8 Å². The first-order valence-corrected chi connectivity index (χ1v) is 7.84. The van der Waals surface area contributed by atoms with Gasteiger partial charge in [0.25, 0.3) is 0 Å². The fraction of sp³-hybridized carbons (Fsp3) is 0. The molecule has 0 amide bonds. The summed E-state index contributed by atoms with van der Waals surface area (Å²) in [7, 11) is 0. The molecule has 2 aromatic carbocycles. The van der Waals surface area contributed by atoms with E-state index in [4.69, 9.17) is 11.6 Å². The Balaban J connectivity index is 1.74. The van der Waals surface area contributed by atoms with Gasteiger partial charge in [0.05, 0.1) is 0 Å². The minimum Gasteiger partial charge on any atom is -0.508 e. The maximum atomic E-state index is 9.61. The van der Waals surface area contributed by atoms with E-state index < -0.39 is 0 Å². The van der Waals surface area contributed by atoms with Crippen molar-refractivity contribution in [3.63, 3.8) is 0 Å². The Labute approximate surface area is 147 Å². The number of H-pyrrole nitrogens is 1. The number of aromatic hydroxyl groups is 1. The number of nitrogens with one attached hydrogen (secondary N) is 3. The average molecular weight is 353 g/mol. The van der Waals surface area contributed by atoms with Crippen molar-refractivity contribution in [1.29, 1.82) is 0 Å². The van der Waals surface area contributed by atoms with Crippen LogP contribution in [-0.4, -0.2) is 25.3 Å². The van der Waals surface area contributed by atoms with Gasteiger partial charge in [-0.2, -0.15) is 5.10 Å². The Hall–Kier alpha value is -3.32. The molecule has 2 aromatic heterocycles. The van der Waals surface area contributed by atoms with Crippen molar-refractivity contribution in [2.24, 2.45) is 0 Å². The summed E-state index contributed by atoms with van der Waals surface area (Å²) in [6.07, 6.45) is 1.45. The van der Waals surface area contributed by atoms with Crippen molar-refractivity contribution < 1.29 is 5.11 Å². The summed E-state index contributed by atoms with van der Waals surface area (Å²) in [6.45, 7) is 0. The van der Waals surface area contributed by atoms with Gasteiger partial charge < -0.3 is 15.7 Å². The number of aromatic amines is 1. The van der Waals surface area contributed by atoms with E-state index in [1.54, 1.807) is 30.3 Å². The van der Waals surface area contributed by atoms with Gasteiger partial charge in [-0.15, -0.1) is 0 Å². The van der Waals surface area contributed by atoms with Gasteiger partial charge in [-0.3, -0.25) is 5.10 Å². The van der Waals surface area contributed by atoms with Gasteiger partial charge >= 0.3 is 0 Å². The predicted molar refractivity (Wildman–Crippen MR) is 97.8 cm³/mol. The number of anilines is 4. The molecule has 7 nitrogen and oxygen atoms in total. The normalized spacial score (nSPS) is 10.8. The number of hydrogen-bond acceptors (Lipinski definition) is 6. The highest BCUT2D eigenvalue weighted by Crippen LogP contribution is 2.30. The minimum atomic E-state index is 0.165. The van der Waals surface area contributed by atoms with Crippen molar-refractivity contribution in [2.75, 3.05) is 10.6 Å². The van der Waals surface area contributed by atoms with Crippen molar-refractivity contribution in [3.8, 4) is 5.75 Å². The molecule has 25 heavy (non-hydrogen) atoms. The lowest BCUT2D eigenvalue weighted by molar-refractivity contribution is 0.475. The molecule has 0 radical (unpaired) electrons. The van der Waals surface area contributed by atoms with Crippen molar-refractivity contribution in [2.45, 2.75) is 0 Å². The standard InChI is InChI=1S/C17H13ClN6O/c18-10-3-1-4-11(7-10)21-15-14-16(20-9-19-15)23-24-17(14)22-12-5-2-6-13(25)8-12/h1-9,25H,(H3,19,20,21,22,23,24). The Bertz CT molecular complexity index is 1050. The molecule has 0 saturated carbocycles. The number of aromatic nitrogens is 4. The third-order valence-electron chi connectivity index (χ3n) is 3.55. The summed E-state index contributed by atoms with van der Waals surface area (Å²) in [5.74, 6) is 1.30. The zero-order valence-corrected chi connectivity index (χ0v) is 13.6. The van der Waals surface area contributed by atoms with Crippen LogP contribution in [-0.2, 0) is 0 Å². The van der Waals surface area contributed by atoms with Crippen LogP contribution in [0.1, 0.15) is 0 Å². The van der Waals surface area contributed by atoms with E-state index in [-0.39, 0.29) is 5.75 Å². The predicted octanol–water partition coefficient (Wildman–Crippen LogP) is 4.20. The summed E-state index contributed by atoms with van der Waals surface area (Å²) in [4.78, 5) is 8.51. The van der Waals surface area contributed by atoms with E-state index in [2.05, 4.69) is 30.8 Å². The first kappa shape index (κ1) is 15.2. The number of phenols is 1. The number of nitrogens with zero attached hydrogens (tertiary/aromatic N) is 3. The average Bonchev–Trinajstić information content (AvgIpc) is 2.99. The minimum absolute atomic E-state index is 0.165. The molecule has 0 unspecified atom stereocenters. The second kappa shape index (κ2) is 6.29. The van der Waals surface area contributed by atoms with Gasteiger partial charge in [-0.1, -0.05) is 23.7 Å². The lowest BCUT2D eigenvalue weighted by Gasteiger charge is -2.09.